The summed E-state index contributed by atoms with van der Waals surface area (Å²) >= 11 is 0.850. The Labute approximate surface area is 108 Å². The molecule has 0 aliphatic rings. The lowest BCUT2D eigenvalue weighted by Crippen LogP contribution is -2.03. The Morgan fingerprint density at radius 1 is 1.17 bits per heavy atom. The first-order valence-electron chi connectivity index (χ1n) is 5.05. The van der Waals surface area contributed by atoms with Crippen LogP contribution in [0.15, 0.2) is 17.0 Å². The summed E-state index contributed by atoms with van der Waals surface area (Å²) in [7, 11) is 1.39. The molecule has 0 atom stereocenters. The predicted octanol–water partition coefficient (Wildman–Crippen LogP) is 3.28. The van der Waals surface area contributed by atoms with E-state index in [2.05, 4.69) is 0 Å². The van der Waals surface area contributed by atoms with E-state index in [1.165, 1.54) is 19.2 Å². The lowest BCUT2D eigenvalue weighted by molar-refractivity contribution is -0.396. The number of nitro benzene ring substituents is 2. The third-order valence-corrected chi connectivity index (χ3v) is 2.85. The van der Waals surface area contributed by atoms with Gasteiger partial charge in [-0.05, 0) is 5.92 Å². The van der Waals surface area contributed by atoms with Crippen molar-refractivity contribution in [2.45, 2.75) is 24.7 Å². The largest absolute Gasteiger partial charge is 0.314 e. The summed E-state index contributed by atoms with van der Waals surface area (Å²) in [5, 5.41) is 22.0. The fourth-order valence-electron chi connectivity index (χ4n) is 1.64. The van der Waals surface area contributed by atoms with Crippen LogP contribution in [-0.4, -0.2) is 17.0 Å². The third-order valence-electron chi connectivity index (χ3n) is 2.26. The summed E-state index contributed by atoms with van der Waals surface area (Å²) in [4.78, 5) is 21.1. The molecule has 0 amide bonds. The van der Waals surface area contributed by atoms with Crippen LogP contribution in [0.5, 0.6) is 0 Å². The molecule has 0 spiro atoms. The number of nitro groups is 2. The van der Waals surface area contributed by atoms with E-state index in [9.17, 15) is 20.2 Å². The molecular formula is C10H12N2O5S. The molecule has 98 valence electrons. The number of hydrogen-bond acceptors (Lipinski definition) is 6. The van der Waals surface area contributed by atoms with Gasteiger partial charge in [0, 0.05) is 29.1 Å². The molecule has 0 radical (unpaired) electrons. The van der Waals surface area contributed by atoms with Gasteiger partial charge in [-0.1, -0.05) is 13.8 Å². The van der Waals surface area contributed by atoms with Crippen molar-refractivity contribution in [3.05, 3.63) is 37.9 Å². The van der Waals surface area contributed by atoms with Crippen LogP contribution in [0.2, 0.25) is 0 Å². The highest BCUT2D eigenvalue weighted by Crippen LogP contribution is 2.38. The maximum Gasteiger partial charge on any atom is 0.280 e. The van der Waals surface area contributed by atoms with E-state index in [4.69, 9.17) is 4.18 Å². The monoisotopic (exact) mass is 272 g/mol. The Balaban J connectivity index is 3.54. The average molecular weight is 272 g/mol. The molecule has 1 rings (SSSR count). The van der Waals surface area contributed by atoms with E-state index < -0.39 is 9.85 Å². The van der Waals surface area contributed by atoms with Crippen molar-refractivity contribution in [1.29, 1.82) is 0 Å². The van der Waals surface area contributed by atoms with Gasteiger partial charge in [0.15, 0.2) is 0 Å². The minimum absolute atomic E-state index is 0.130. The van der Waals surface area contributed by atoms with Gasteiger partial charge in [0.05, 0.1) is 17.0 Å². The Kier molecular flexibility index (Phi) is 4.62. The molecule has 0 aliphatic carbocycles. The van der Waals surface area contributed by atoms with Crippen LogP contribution < -0.4 is 0 Å². The second-order valence-corrected chi connectivity index (χ2v) is 4.77. The summed E-state index contributed by atoms with van der Waals surface area (Å²) in [5.41, 5.74) is -0.372. The summed E-state index contributed by atoms with van der Waals surface area (Å²) in [6.07, 6.45) is 0. The van der Waals surface area contributed by atoms with Gasteiger partial charge in [-0.15, -0.1) is 0 Å². The molecule has 0 fully saturated rings. The molecule has 0 heterocycles. The summed E-state index contributed by atoms with van der Waals surface area (Å²) in [6.45, 7) is 3.36. The Bertz CT molecular complexity index is 454. The van der Waals surface area contributed by atoms with Crippen molar-refractivity contribution in [2.75, 3.05) is 7.11 Å². The van der Waals surface area contributed by atoms with Gasteiger partial charge in [-0.2, -0.15) is 0 Å². The van der Waals surface area contributed by atoms with Gasteiger partial charge in [0.1, 0.15) is 5.56 Å². The molecule has 7 nitrogen and oxygen atoms in total. The van der Waals surface area contributed by atoms with E-state index >= 15 is 0 Å². The molecule has 0 aliphatic heterocycles. The standard InChI is InChI=1S/C10H12N2O5S/c1-6(2)10-8(11(13)14)4-7(18-17-3)5-9(10)12(15)16/h4-6H,1-3H3. The Morgan fingerprint density at radius 3 is 1.89 bits per heavy atom. The van der Waals surface area contributed by atoms with Crippen molar-refractivity contribution < 1.29 is 14.0 Å². The lowest BCUT2D eigenvalue weighted by atomic mass is 9.99. The molecular weight excluding hydrogens is 260 g/mol. The average Bonchev–Trinajstić information content (AvgIpc) is 2.27. The predicted molar refractivity (Wildman–Crippen MR) is 66.7 cm³/mol. The second kappa shape index (κ2) is 5.78. The van der Waals surface area contributed by atoms with E-state index in [0.29, 0.717) is 4.90 Å². The van der Waals surface area contributed by atoms with Gasteiger partial charge < -0.3 is 4.18 Å². The quantitative estimate of drug-likeness (QED) is 0.463. The van der Waals surface area contributed by atoms with Gasteiger partial charge >= 0.3 is 0 Å². The maximum absolute atomic E-state index is 11.0. The Morgan fingerprint density at radius 2 is 1.61 bits per heavy atom. The first kappa shape index (κ1) is 14.4. The van der Waals surface area contributed by atoms with Crippen LogP contribution in [-0.2, 0) is 4.18 Å². The number of benzene rings is 1. The molecule has 0 aromatic heterocycles. The van der Waals surface area contributed by atoms with Crippen LogP contribution in [0, 0.1) is 20.2 Å². The molecule has 0 saturated heterocycles. The van der Waals surface area contributed by atoms with E-state index in [0.717, 1.165) is 12.0 Å². The molecule has 0 saturated carbocycles. The van der Waals surface area contributed by atoms with Crippen LogP contribution in [0.3, 0.4) is 0 Å². The number of nitrogens with zero attached hydrogens (tertiary/aromatic N) is 2. The smallest absolute Gasteiger partial charge is 0.280 e. The molecule has 1 aromatic carbocycles. The lowest BCUT2D eigenvalue weighted by Gasteiger charge is -2.09. The number of hydrogen-bond donors (Lipinski definition) is 0. The van der Waals surface area contributed by atoms with Gasteiger partial charge in [-0.3, -0.25) is 20.2 Å². The van der Waals surface area contributed by atoms with Crippen molar-refractivity contribution in [1.82, 2.24) is 0 Å². The van der Waals surface area contributed by atoms with E-state index in [1.807, 2.05) is 0 Å². The van der Waals surface area contributed by atoms with Crippen molar-refractivity contribution in [3.63, 3.8) is 0 Å². The molecule has 18 heavy (non-hydrogen) atoms. The summed E-state index contributed by atoms with van der Waals surface area (Å²) < 4.78 is 4.77. The molecule has 8 heteroatoms. The Hall–Kier alpha value is -1.67. The maximum atomic E-state index is 11.0. The van der Waals surface area contributed by atoms with Gasteiger partial charge in [-0.25, -0.2) is 0 Å². The SMILES string of the molecule is COSc1cc([N+](=O)[O-])c(C(C)C)c([N+](=O)[O-])c1. The minimum atomic E-state index is -0.609. The van der Waals surface area contributed by atoms with E-state index in [-0.39, 0.29) is 22.9 Å². The van der Waals surface area contributed by atoms with Crippen molar-refractivity contribution in [3.8, 4) is 0 Å². The third kappa shape index (κ3) is 2.96. The van der Waals surface area contributed by atoms with Gasteiger partial charge in [0.25, 0.3) is 11.4 Å². The highest BCUT2D eigenvalue weighted by Gasteiger charge is 2.28. The van der Waals surface area contributed by atoms with E-state index in [1.54, 1.807) is 13.8 Å². The topological polar surface area (TPSA) is 95.5 Å². The highest BCUT2D eigenvalue weighted by molar-refractivity contribution is 7.94. The fourth-order valence-corrected chi connectivity index (χ4v) is 2.15. The van der Waals surface area contributed by atoms with Crippen LogP contribution in [0.4, 0.5) is 11.4 Å². The first-order chi connectivity index (χ1) is 8.38. The van der Waals surface area contributed by atoms with Crippen molar-refractivity contribution >= 4 is 23.4 Å². The fraction of sp³-hybridized carbons (Fsp3) is 0.400. The second-order valence-electron chi connectivity index (χ2n) is 3.79. The number of rotatable bonds is 5. The molecule has 1 aromatic rings. The van der Waals surface area contributed by atoms with Gasteiger partial charge in [0.2, 0.25) is 0 Å². The zero-order valence-corrected chi connectivity index (χ0v) is 10.9. The minimum Gasteiger partial charge on any atom is -0.314 e. The highest BCUT2D eigenvalue weighted by atomic mass is 32.2. The molecule has 0 unspecified atom stereocenters. The summed E-state index contributed by atoms with van der Waals surface area (Å²) in [6, 6.07) is 2.58. The summed E-state index contributed by atoms with van der Waals surface area (Å²) in [5.74, 6) is -0.313. The zero-order chi connectivity index (χ0) is 13.9. The normalized spacial score (nSPS) is 10.7. The molecule has 0 bridgehead atoms. The molecule has 0 N–H and O–H groups in total. The van der Waals surface area contributed by atoms with Crippen LogP contribution >= 0.6 is 12.0 Å². The van der Waals surface area contributed by atoms with Crippen molar-refractivity contribution in [2.24, 2.45) is 0 Å². The zero-order valence-electron chi connectivity index (χ0n) is 10.1. The van der Waals surface area contributed by atoms with Crippen LogP contribution in [0.1, 0.15) is 25.3 Å². The first-order valence-corrected chi connectivity index (χ1v) is 5.80. The van der Waals surface area contributed by atoms with Crippen LogP contribution in [0.25, 0.3) is 0 Å².